The van der Waals surface area contributed by atoms with E-state index in [-0.39, 0.29) is 22.0 Å². The monoisotopic (exact) mass is 340 g/mol. The maximum Gasteiger partial charge on any atom is 0.116 e. The van der Waals surface area contributed by atoms with E-state index in [1.807, 2.05) is 24.3 Å². The van der Waals surface area contributed by atoms with Crippen LogP contribution in [0.5, 0.6) is 11.5 Å². The molecule has 0 amide bonds. The maximum atomic E-state index is 10.4. The summed E-state index contributed by atoms with van der Waals surface area (Å²) in [5.41, 5.74) is 4.28. The van der Waals surface area contributed by atoms with Gasteiger partial charge in [0.05, 0.1) is 0 Å². The first-order valence-corrected chi connectivity index (χ1v) is 8.92. The highest BCUT2D eigenvalue weighted by atomic mass is 16.3. The number of phenols is 2. The zero-order chi connectivity index (χ0) is 19.2. The first-order valence-electron chi connectivity index (χ1n) is 8.92. The van der Waals surface area contributed by atoms with Gasteiger partial charge in [-0.15, -0.1) is 0 Å². The third kappa shape index (κ3) is 3.84. The molecule has 0 aromatic heterocycles. The number of rotatable bonds is 2. The van der Waals surface area contributed by atoms with Crippen LogP contribution in [0.2, 0.25) is 0 Å². The highest BCUT2D eigenvalue weighted by molar-refractivity contribution is 5.55. The molecule has 2 N–H and O–H groups in total. The van der Waals surface area contributed by atoms with Gasteiger partial charge in [0, 0.05) is 5.41 Å². The van der Waals surface area contributed by atoms with Gasteiger partial charge in [0.15, 0.2) is 0 Å². The number of hydrogen-bond donors (Lipinski definition) is 2. The van der Waals surface area contributed by atoms with E-state index in [2.05, 4.69) is 55.4 Å². The van der Waals surface area contributed by atoms with E-state index < -0.39 is 0 Å². The van der Waals surface area contributed by atoms with Crippen molar-refractivity contribution in [3.05, 3.63) is 58.7 Å². The van der Waals surface area contributed by atoms with Crippen molar-refractivity contribution in [2.75, 3.05) is 0 Å². The minimum Gasteiger partial charge on any atom is -0.508 e. The van der Waals surface area contributed by atoms with E-state index in [0.717, 1.165) is 16.7 Å². The molecule has 0 aliphatic rings. The summed E-state index contributed by atoms with van der Waals surface area (Å²) in [6, 6.07) is 11.3. The molecular weight excluding hydrogens is 308 g/mol. The Morgan fingerprint density at radius 3 is 1.36 bits per heavy atom. The summed E-state index contributed by atoms with van der Waals surface area (Å²) in [7, 11) is 0. The molecule has 2 aromatic rings. The van der Waals surface area contributed by atoms with Gasteiger partial charge in [-0.1, -0.05) is 67.5 Å². The van der Waals surface area contributed by atoms with Crippen LogP contribution >= 0.6 is 0 Å². The Bertz CT molecular complexity index is 719. The van der Waals surface area contributed by atoms with Crippen molar-refractivity contribution in [3.8, 4) is 11.5 Å². The van der Waals surface area contributed by atoms with Gasteiger partial charge in [0.25, 0.3) is 0 Å². The van der Waals surface area contributed by atoms with E-state index in [9.17, 15) is 10.2 Å². The van der Waals surface area contributed by atoms with Gasteiger partial charge in [-0.05, 0) is 57.3 Å². The Morgan fingerprint density at radius 2 is 1.00 bits per heavy atom. The largest absolute Gasteiger partial charge is 0.508 e. The summed E-state index contributed by atoms with van der Waals surface area (Å²) in [6.45, 7) is 17.5. The fourth-order valence-electron chi connectivity index (χ4n) is 3.51. The summed E-state index contributed by atoms with van der Waals surface area (Å²) in [5, 5.41) is 20.0. The van der Waals surface area contributed by atoms with Crippen molar-refractivity contribution >= 4 is 0 Å². The second-order valence-corrected chi connectivity index (χ2v) is 9.59. The Kier molecular flexibility index (Phi) is 4.71. The van der Waals surface area contributed by atoms with Crippen LogP contribution in [0.15, 0.2) is 36.4 Å². The highest BCUT2D eigenvalue weighted by Crippen LogP contribution is 2.45. The maximum absolute atomic E-state index is 10.4. The molecule has 0 spiro atoms. The quantitative estimate of drug-likeness (QED) is 0.702. The summed E-state index contributed by atoms with van der Waals surface area (Å²) in [4.78, 5) is 0. The topological polar surface area (TPSA) is 40.5 Å². The average molecular weight is 341 g/mol. The molecule has 25 heavy (non-hydrogen) atoms. The number of benzene rings is 2. The summed E-state index contributed by atoms with van der Waals surface area (Å²) >= 11 is 0. The Morgan fingerprint density at radius 1 is 0.600 bits per heavy atom. The molecule has 2 nitrogen and oxygen atoms in total. The van der Waals surface area contributed by atoms with Crippen LogP contribution in [0.1, 0.15) is 77.6 Å². The molecule has 0 saturated carbocycles. The van der Waals surface area contributed by atoms with Gasteiger partial charge in [-0.3, -0.25) is 0 Å². The summed E-state index contributed by atoms with van der Waals surface area (Å²) in [5.74, 6) is 0.595. The number of hydrogen-bond acceptors (Lipinski definition) is 2. The van der Waals surface area contributed by atoms with E-state index in [0.29, 0.717) is 5.75 Å². The molecule has 0 atom stereocenters. The lowest BCUT2D eigenvalue weighted by atomic mass is 9.66. The highest BCUT2D eigenvalue weighted by Gasteiger charge is 2.35. The van der Waals surface area contributed by atoms with Crippen LogP contribution in [0.3, 0.4) is 0 Å². The molecule has 0 bridgehead atoms. The second kappa shape index (κ2) is 6.09. The lowest BCUT2D eigenvalue weighted by Gasteiger charge is -2.38. The predicted molar refractivity (Wildman–Crippen MR) is 106 cm³/mol. The molecule has 0 aliphatic heterocycles. The van der Waals surface area contributed by atoms with Crippen molar-refractivity contribution in [1.29, 1.82) is 0 Å². The summed E-state index contributed by atoms with van der Waals surface area (Å²) < 4.78 is 0. The lowest BCUT2D eigenvalue weighted by molar-refractivity contribution is 0.457. The average Bonchev–Trinajstić information content (AvgIpc) is 2.44. The van der Waals surface area contributed by atoms with Crippen LogP contribution in [-0.4, -0.2) is 10.2 Å². The third-order valence-corrected chi connectivity index (χ3v) is 4.95. The van der Waals surface area contributed by atoms with E-state index in [1.165, 1.54) is 5.56 Å². The van der Waals surface area contributed by atoms with Gasteiger partial charge in [0.2, 0.25) is 0 Å². The van der Waals surface area contributed by atoms with E-state index in [4.69, 9.17) is 0 Å². The van der Waals surface area contributed by atoms with Crippen LogP contribution in [-0.2, 0) is 16.2 Å². The molecule has 2 rings (SSSR count). The predicted octanol–water partition coefficient (Wildman–Crippen LogP) is 6.02. The Hall–Kier alpha value is -1.96. The SMILES string of the molecule is CC(C)(C)c1cc(O)cc(C(C)(C)C)c1C(C)(C)c1ccc(O)cc1. The molecule has 136 valence electrons. The molecule has 0 heterocycles. The van der Waals surface area contributed by atoms with E-state index in [1.54, 1.807) is 12.1 Å². The van der Waals surface area contributed by atoms with Crippen LogP contribution in [0.25, 0.3) is 0 Å². The minimum atomic E-state index is -0.257. The van der Waals surface area contributed by atoms with Crippen molar-refractivity contribution in [2.24, 2.45) is 0 Å². The third-order valence-electron chi connectivity index (χ3n) is 4.95. The Labute approximate surface area is 152 Å². The first kappa shape index (κ1) is 19.4. The van der Waals surface area contributed by atoms with Gasteiger partial charge in [-0.2, -0.15) is 0 Å². The zero-order valence-corrected chi connectivity index (χ0v) is 16.9. The number of phenolic OH excluding ortho intramolecular Hbond substituents is 2. The number of aromatic hydroxyl groups is 2. The first-order chi connectivity index (χ1) is 11.2. The second-order valence-electron chi connectivity index (χ2n) is 9.59. The molecule has 0 saturated heterocycles. The molecule has 0 fully saturated rings. The van der Waals surface area contributed by atoms with E-state index >= 15 is 0 Å². The van der Waals surface area contributed by atoms with Gasteiger partial charge in [-0.25, -0.2) is 0 Å². The minimum absolute atomic E-state index is 0.0950. The Balaban J connectivity index is 2.88. The van der Waals surface area contributed by atoms with Crippen molar-refractivity contribution in [2.45, 2.75) is 71.6 Å². The van der Waals surface area contributed by atoms with Gasteiger partial charge < -0.3 is 10.2 Å². The fourth-order valence-corrected chi connectivity index (χ4v) is 3.51. The molecule has 0 aliphatic carbocycles. The summed E-state index contributed by atoms with van der Waals surface area (Å²) in [6.07, 6.45) is 0. The van der Waals surface area contributed by atoms with Crippen LogP contribution in [0.4, 0.5) is 0 Å². The molecular formula is C23H32O2. The van der Waals surface area contributed by atoms with Crippen molar-refractivity contribution < 1.29 is 10.2 Å². The molecule has 2 heteroatoms. The van der Waals surface area contributed by atoms with Gasteiger partial charge in [0.1, 0.15) is 11.5 Å². The normalized spacial score (nSPS) is 13.1. The van der Waals surface area contributed by atoms with Crippen molar-refractivity contribution in [1.82, 2.24) is 0 Å². The van der Waals surface area contributed by atoms with Crippen LogP contribution < -0.4 is 0 Å². The molecule has 2 aromatic carbocycles. The standard InChI is InChI=1S/C23H32O2/c1-21(2,3)18-13-17(25)14-19(22(4,5)6)20(18)23(7,8)15-9-11-16(24)12-10-15/h9-14,24-25H,1-8H3. The smallest absolute Gasteiger partial charge is 0.116 e. The zero-order valence-electron chi connectivity index (χ0n) is 16.9. The van der Waals surface area contributed by atoms with Crippen molar-refractivity contribution in [3.63, 3.8) is 0 Å². The van der Waals surface area contributed by atoms with Gasteiger partial charge >= 0.3 is 0 Å². The molecule has 0 unspecified atom stereocenters. The molecule has 0 radical (unpaired) electrons. The van der Waals surface area contributed by atoms with Crippen LogP contribution in [0, 0.1) is 0 Å². The lowest BCUT2D eigenvalue weighted by Crippen LogP contribution is -2.30. The fraction of sp³-hybridized carbons (Fsp3) is 0.478.